The Morgan fingerprint density at radius 1 is 0.214 bits per heavy atom. The third-order valence-corrected chi connectivity index (χ3v) is 21.9. The van der Waals surface area contributed by atoms with Crippen molar-refractivity contribution in [2.75, 3.05) is 0 Å². The third-order valence-electron chi connectivity index (χ3n) is 13.3. The van der Waals surface area contributed by atoms with E-state index in [1.54, 1.807) is 0 Å². The first-order valence-electron chi connectivity index (χ1n) is 24.6. The Hall–Kier alpha value is -6.87. The van der Waals surface area contributed by atoms with Crippen molar-refractivity contribution < 1.29 is 0 Å². The lowest BCUT2D eigenvalue weighted by atomic mass is 9.86. The first-order chi connectivity index (χ1) is 33.3. The molecule has 9 aromatic rings. The monoisotopic (exact) mass is 966 g/mol. The van der Waals surface area contributed by atoms with Crippen molar-refractivity contribution in [2.45, 2.75) is 78.6 Å². The fourth-order valence-electron chi connectivity index (χ4n) is 9.68. The highest BCUT2D eigenvalue weighted by atomic mass is 28.3. The van der Waals surface area contributed by atoms with Crippen LogP contribution in [0.3, 0.4) is 0 Å². The summed E-state index contributed by atoms with van der Waals surface area (Å²) in [5, 5.41) is 15.0. The van der Waals surface area contributed by atoms with Gasteiger partial charge in [-0.25, -0.2) is 0 Å². The zero-order valence-electron chi connectivity index (χ0n) is 43.0. The summed E-state index contributed by atoms with van der Waals surface area (Å²) in [5.41, 5.74) is 8.04. The Morgan fingerprint density at radius 2 is 0.386 bits per heavy atom. The van der Waals surface area contributed by atoms with E-state index in [1.165, 1.54) is 20.7 Å². The molecule has 0 nitrogen and oxygen atoms in total. The largest absolute Gasteiger partial charge is 0.0774 e. The summed E-state index contributed by atoms with van der Waals surface area (Å²) in [4.78, 5) is 0. The Bertz CT molecular complexity index is 3270. The maximum atomic E-state index is 3.85. The molecule has 0 atom stereocenters. The molecule has 342 valence electrons. The normalized spacial score (nSPS) is 11.8. The molecule has 0 aliphatic carbocycles. The summed E-state index contributed by atoms with van der Waals surface area (Å²) in [7, 11) is -7.43. The van der Waals surface area contributed by atoms with Crippen molar-refractivity contribution in [1.82, 2.24) is 0 Å². The Kier molecular flexibility index (Phi) is 12.9. The first kappa shape index (κ1) is 48.2. The zero-order valence-corrected chi connectivity index (χ0v) is 47.0. The molecule has 0 heterocycles. The predicted octanol–water partition coefficient (Wildman–Crippen LogP) is 14.1. The van der Waals surface area contributed by atoms with Gasteiger partial charge in [0.05, 0.1) is 32.3 Å². The van der Waals surface area contributed by atoms with Gasteiger partial charge in [0.15, 0.2) is 0 Å². The number of hydrogen-bond acceptors (Lipinski definition) is 0. The maximum Gasteiger partial charge on any atom is 0.0774 e. The van der Waals surface area contributed by atoms with Crippen LogP contribution in [0.1, 0.15) is 44.5 Å². The van der Waals surface area contributed by atoms with Gasteiger partial charge in [0.1, 0.15) is 0 Å². The van der Waals surface area contributed by atoms with Gasteiger partial charge in [0.2, 0.25) is 0 Å². The highest BCUT2D eigenvalue weighted by molar-refractivity contribution is 6.99. The molecule has 0 unspecified atom stereocenters. The van der Waals surface area contributed by atoms with Gasteiger partial charge in [-0.05, 0) is 104 Å². The lowest BCUT2D eigenvalue weighted by Gasteiger charge is -2.30. The molecule has 0 spiro atoms. The summed E-state index contributed by atoms with van der Waals surface area (Å²) in [6.45, 7) is 29.8. The summed E-state index contributed by atoms with van der Waals surface area (Å²) in [6.07, 6.45) is 0. The molecular formula is C66H62Si4. The van der Waals surface area contributed by atoms with Gasteiger partial charge in [0.25, 0.3) is 0 Å². The minimum atomic E-state index is -1.86. The van der Waals surface area contributed by atoms with Crippen molar-refractivity contribution >= 4 is 96.1 Å². The smallest absolute Gasteiger partial charge is 0.0656 e. The van der Waals surface area contributed by atoms with Gasteiger partial charge in [-0.3, -0.25) is 0 Å². The summed E-state index contributed by atoms with van der Waals surface area (Å²) >= 11 is 0. The van der Waals surface area contributed by atoms with E-state index in [4.69, 9.17) is 0 Å². The van der Waals surface area contributed by atoms with Crippen LogP contribution >= 0.6 is 0 Å². The highest BCUT2D eigenvalue weighted by Gasteiger charge is 2.32. The molecule has 70 heavy (non-hydrogen) atoms. The molecule has 0 fully saturated rings. The molecule has 0 bridgehead atoms. The summed E-state index contributed by atoms with van der Waals surface area (Å²) < 4.78 is 0. The Balaban J connectivity index is 1.58. The summed E-state index contributed by atoms with van der Waals surface area (Å²) in [6, 6.07) is 56.6. The Labute approximate surface area is 421 Å². The minimum absolute atomic E-state index is 0.984. The summed E-state index contributed by atoms with van der Waals surface area (Å²) in [5.74, 6) is 30.0. The van der Waals surface area contributed by atoms with Crippen LogP contribution in [0.15, 0.2) is 158 Å². The SMILES string of the molecule is C[Si](C)(C)c1cc2c(C#Cc3ccccc3)c3cc4c(C#Cc5ccccc5)c5cc([Si](C)(C)C)c([Si](C)(C)C)cc5c(C#Cc5ccccc5)c4cc3c(C#Cc3ccccc3)c2cc1[Si](C)(C)C. The fraction of sp³-hybridized carbons (Fsp3) is 0.182. The second-order valence-electron chi connectivity index (χ2n) is 22.8. The molecule has 0 N–H and O–H groups in total. The van der Waals surface area contributed by atoms with Gasteiger partial charge in [-0.1, -0.05) is 244 Å². The highest BCUT2D eigenvalue weighted by Crippen LogP contribution is 2.40. The molecule has 9 rings (SSSR count). The van der Waals surface area contributed by atoms with E-state index in [2.05, 4.69) is 284 Å². The van der Waals surface area contributed by atoms with Crippen LogP contribution in [0, 0.1) is 47.4 Å². The number of benzene rings is 9. The van der Waals surface area contributed by atoms with Crippen molar-refractivity contribution in [2.24, 2.45) is 0 Å². The molecule has 0 aliphatic heterocycles. The van der Waals surface area contributed by atoms with Gasteiger partial charge in [-0.2, -0.15) is 0 Å². The second-order valence-corrected chi connectivity index (χ2v) is 42.9. The molecule has 0 amide bonds. The number of rotatable bonds is 4. The van der Waals surface area contributed by atoms with Crippen LogP contribution in [0.4, 0.5) is 0 Å². The van der Waals surface area contributed by atoms with Crippen molar-refractivity contribution in [3.8, 4) is 47.4 Å². The second kappa shape index (κ2) is 18.8. The molecule has 0 saturated carbocycles. The van der Waals surface area contributed by atoms with Crippen LogP contribution in [-0.2, 0) is 0 Å². The van der Waals surface area contributed by atoms with Crippen LogP contribution in [0.2, 0.25) is 78.6 Å². The van der Waals surface area contributed by atoms with Crippen LogP contribution in [0.25, 0.3) is 43.1 Å². The van der Waals surface area contributed by atoms with Gasteiger partial charge in [0, 0.05) is 44.5 Å². The molecule has 0 saturated heterocycles. The van der Waals surface area contributed by atoms with Crippen LogP contribution < -0.4 is 20.7 Å². The average Bonchev–Trinajstić information content (AvgIpc) is 3.32. The fourth-order valence-corrected chi connectivity index (χ4v) is 20.0. The van der Waals surface area contributed by atoms with Crippen molar-refractivity contribution in [3.63, 3.8) is 0 Å². The Morgan fingerprint density at radius 3 is 0.557 bits per heavy atom. The van der Waals surface area contributed by atoms with E-state index >= 15 is 0 Å². The van der Waals surface area contributed by atoms with Crippen molar-refractivity contribution in [3.05, 3.63) is 202 Å². The van der Waals surface area contributed by atoms with E-state index in [0.29, 0.717) is 0 Å². The zero-order chi connectivity index (χ0) is 49.6. The third kappa shape index (κ3) is 9.94. The molecule has 0 aliphatic rings. The first-order valence-corrected chi connectivity index (χ1v) is 38.6. The minimum Gasteiger partial charge on any atom is -0.0656 e. The van der Waals surface area contributed by atoms with Crippen LogP contribution in [-0.4, -0.2) is 32.3 Å². The molecule has 4 heteroatoms. The average molecular weight is 968 g/mol. The molecule has 9 aromatic carbocycles. The van der Waals surface area contributed by atoms with E-state index in [9.17, 15) is 0 Å². The van der Waals surface area contributed by atoms with E-state index < -0.39 is 32.3 Å². The molecule has 0 aromatic heterocycles. The number of hydrogen-bond donors (Lipinski definition) is 0. The van der Waals surface area contributed by atoms with Gasteiger partial charge >= 0.3 is 0 Å². The van der Waals surface area contributed by atoms with E-state index in [-0.39, 0.29) is 0 Å². The van der Waals surface area contributed by atoms with Crippen LogP contribution in [0.5, 0.6) is 0 Å². The molecule has 0 radical (unpaired) electrons. The van der Waals surface area contributed by atoms with E-state index in [1.807, 2.05) is 0 Å². The van der Waals surface area contributed by atoms with Crippen molar-refractivity contribution in [1.29, 1.82) is 0 Å². The predicted molar refractivity (Wildman–Crippen MR) is 318 cm³/mol. The standard InChI is InChI=1S/C66H62Si4/c1-67(2,3)63-43-59-51(37-33-47-25-17-13-18-26-47)55-41-57-53(39-35-49-29-21-15-22-30-49)61-45-65(69(7,8)9)66(70(10,11)12)46-62(61)54(40-36-50-31-23-16-24-32-50)58(57)42-56(55)52(38-34-48-27-19-14-20-28-48)60(59)44-64(63)68(4,5)6/h13-32,41-46H,1-12H3. The topological polar surface area (TPSA) is 0 Å². The van der Waals surface area contributed by atoms with Gasteiger partial charge < -0.3 is 0 Å². The van der Waals surface area contributed by atoms with Gasteiger partial charge in [-0.15, -0.1) is 0 Å². The lowest BCUT2D eigenvalue weighted by molar-refractivity contribution is 1.64. The maximum absolute atomic E-state index is 3.85. The lowest BCUT2D eigenvalue weighted by Crippen LogP contribution is -2.56. The number of fused-ring (bicyclic) bond motifs is 4. The van der Waals surface area contributed by atoms with E-state index in [0.717, 1.165) is 87.6 Å². The molecular weight excluding hydrogens is 905 g/mol. The quantitative estimate of drug-likeness (QED) is 0.0937.